The molecular weight excluding hydrogens is 370 g/mol. The van der Waals surface area contributed by atoms with E-state index in [2.05, 4.69) is 25.4 Å². The molecule has 1 aromatic heterocycles. The summed E-state index contributed by atoms with van der Waals surface area (Å²) in [5, 5.41) is 9.65. The smallest absolute Gasteiger partial charge is 0.246 e. The lowest BCUT2D eigenvalue weighted by atomic mass is 10.3. The average molecular weight is 396 g/mol. The van der Waals surface area contributed by atoms with E-state index in [1.807, 2.05) is 0 Å². The van der Waals surface area contributed by atoms with Gasteiger partial charge in [-0.05, 0) is 20.8 Å². The fourth-order valence-electron chi connectivity index (χ4n) is 2.63. The van der Waals surface area contributed by atoms with Gasteiger partial charge in [0.05, 0.1) is 6.04 Å². The Morgan fingerprint density at radius 1 is 1.36 bits per heavy atom. The Bertz CT molecular complexity index is 653. The Kier molecular flexibility index (Phi) is 8.29. The van der Waals surface area contributed by atoms with Gasteiger partial charge < -0.3 is 15.2 Å². The van der Waals surface area contributed by atoms with Crippen molar-refractivity contribution >= 4 is 28.3 Å². The number of carbonyl (C=O) groups excluding carboxylic acids is 1. The van der Waals surface area contributed by atoms with Crippen LogP contribution in [0.2, 0.25) is 0 Å². The highest BCUT2D eigenvalue weighted by molar-refractivity contribution is 7.89. The number of sulfonamides is 1. The molecule has 0 aromatic carbocycles. The summed E-state index contributed by atoms with van der Waals surface area (Å²) in [7, 11) is -3.85. The summed E-state index contributed by atoms with van der Waals surface area (Å²) in [6.07, 6.45) is 0. The molecule has 1 aliphatic rings. The Morgan fingerprint density at radius 3 is 2.56 bits per heavy atom. The van der Waals surface area contributed by atoms with E-state index in [4.69, 9.17) is 4.52 Å². The van der Waals surface area contributed by atoms with Crippen LogP contribution in [0.1, 0.15) is 18.4 Å². The van der Waals surface area contributed by atoms with Crippen molar-refractivity contribution < 1.29 is 17.7 Å². The van der Waals surface area contributed by atoms with E-state index in [9.17, 15) is 13.2 Å². The lowest BCUT2D eigenvalue weighted by molar-refractivity contribution is -0.122. The third-order valence-corrected chi connectivity index (χ3v) is 5.68. The summed E-state index contributed by atoms with van der Waals surface area (Å²) < 4.78 is 32.0. The van der Waals surface area contributed by atoms with Crippen molar-refractivity contribution in [3.05, 3.63) is 11.5 Å². The molecule has 1 fully saturated rings. The number of halogens is 1. The van der Waals surface area contributed by atoms with Crippen LogP contribution >= 0.6 is 12.4 Å². The predicted octanol–water partition coefficient (Wildman–Crippen LogP) is -0.599. The third-order valence-electron chi connectivity index (χ3n) is 3.90. The van der Waals surface area contributed by atoms with Gasteiger partial charge in [0.15, 0.2) is 5.76 Å². The van der Waals surface area contributed by atoms with Crippen molar-refractivity contribution in [2.45, 2.75) is 31.7 Å². The van der Waals surface area contributed by atoms with Gasteiger partial charge in [-0.25, -0.2) is 8.42 Å². The highest BCUT2D eigenvalue weighted by Crippen LogP contribution is 2.18. The number of hydrogen-bond acceptors (Lipinski definition) is 7. The Labute approximate surface area is 154 Å². The van der Waals surface area contributed by atoms with E-state index in [0.29, 0.717) is 6.54 Å². The molecule has 9 nitrogen and oxygen atoms in total. The van der Waals surface area contributed by atoms with E-state index < -0.39 is 16.1 Å². The predicted molar refractivity (Wildman–Crippen MR) is 95.3 cm³/mol. The monoisotopic (exact) mass is 395 g/mol. The molecule has 3 N–H and O–H groups in total. The number of piperazine rings is 1. The summed E-state index contributed by atoms with van der Waals surface area (Å²) >= 11 is 0. The fraction of sp³-hybridized carbons (Fsp3) is 0.714. The first-order chi connectivity index (χ1) is 11.3. The van der Waals surface area contributed by atoms with Gasteiger partial charge in [0.25, 0.3) is 0 Å². The van der Waals surface area contributed by atoms with Crippen LogP contribution < -0.4 is 15.4 Å². The maximum Gasteiger partial charge on any atom is 0.246 e. The van der Waals surface area contributed by atoms with Crippen LogP contribution in [0.3, 0.4) is 0 Å². The molecule has 1 aliphatic heterocycles. The Balaban J connectivity index is 0.00000312. The number of carbonyl (C=O) groups is 1. The minimum Gasteiger partial charge on any atom is -0.360 e. The summed E-state index contributed by atoms with van der Waals surface area (Å²) in [6, 6.07) is -0.883. The maximum absolute atomic E-state index is 12.4. The molecule has 0 spiro atoms. The van der Waals surface area contributed by atoms with Crippen LogP contribution in [0.25, 0.3) is 0 Å². The molecule has 1 aromatic rings. The summed E-state index contributed by atoms with van der Waals surface area (Å²) in [5.74, 6) is -0.160. The number of nitrogens with zero attached hydrogens (tertiary/aromatic N) is 2. The van der Waals surface area contributed by atoms with Gasteiger partial charge >= 0.3 is 0 Å². The van der Waals surface area contributed by atoms with Gasteiger partial charge in [-0.3, -0.25) is 9.69 Å². The molecule has 11 heteroatoms. The zero-order valence-electron chi connectivity index (χ0n) is 14.7. The second-order valence-electron chi connectivity index (χ2n) is 5.88. The van der Waals surface area contributed by atoms with Crippen molar-refractivity contribution in [1.29, 1.82) is 0 Å². The summed E-state index contributed by atoms with van der Waals surface area (Å²) in [6.45, 7) is 9.59. The number of hydrogen-bond donors (Lipinski definition) is 3. The molecule has 25 heavy (non-hydrogen) atoms. The lowest BCUT2D eigenvalue weighted by Gasteiger charge is -2.27. The van der Waals surface area contributed by atoms with E-state index in [1.165, 1.54) is 13.8 Å². The van der Waals surface area contributed by atoms with E-state index in [0.717, 1.165) is 32.7 Å². The SMILES string of the molecule is Cc1noc(C)c1S(=O)(=O)NC(C)C(=O)NCCN1CCNCC1.Cl. The number of nitrogens with one attached hydrogen (secondary N) is 3. The molecule has 2 rings (SSSR count). The van der Waals surface area contributed by atoms with Crippen LogP contribution in [0.15, 0.2) is 9.42 Å². The van der Waals surface area contributed by atoms with Gasteiger partial charge in [0.2, 0.25) is 15.9 Å². The Morgan fingerprint density at radius 2 is 2.00 bits per heavy atom. The fourth-order valence-corrected chi connectivity index (χ4v) is 4.16. The third kappa shape index (κ3) is 5.93. The molecule has 144 valence electrons. The van der Waals surface area contributed by atoms with Crippen LogP contribution in [0.5, 0.6) is 0 Å². The van der Waals surface area contributed by atoms with Crippen LogP contribution in [0, 0.1) is 13.8 Å². The van der Waals surface area contributed by atoms with E-state index in [1.54, 1.807) is 6.92 Å². The standard InChI is InChI=1S/C14H25N5O4S.ClH/c1-10-13(12(3)23-17-10)24(21,22)18-11(2)14(20)16-6-9-19-7-4-15-5-8-19;/h11,15,18H,4-9H2,1-3H3,(H,16,20);1H. The second kappa shape index (κ2) is 9.48. The topological polar surface area (TPSA) is 117 Å². The summed E-state index contributed by atoms with van der Waals surface area (Å²) in [5.41, 5.74) is 0.270. The second-order valence-corrected chi connectivity index (χ2v) is 7.53. The van der Waals surface area contributed by atoms with Crippen LogP contribution in [0.4, 0.5) is 0 Å². The molecular formula is C14H26ClN5O4S. The molecule has 1 amide bonds. The minimum absolute atomic E-state index is 0. The minimum atomic E-state index is -3.85. The maximum atomic E-state index is 12.4. The molecule has 1 atom stereocenters. The highest BCUT2D eigenvalue weighted by atomic mass is 35.5. The average Bonchev–Trinajstić information content (AvgIpc) is 2.87. The molecule has 0 saturated carbocycles. The molecule has 0 bridgehead atoms. The van der Waals surface area contributed by atoms with Crippen molar-refractivity contribution in [3.63, 3.8) is 0 Å². The number of rotatable bonds is 7. The first kappa shape index (κ1) is 21.8. The van der Waals surface area contributed by atoms with Crippen molar-refractivity contribution in [2.24, 2.45) is 0 Å². The van der Waals surface area contributed by atoms with Gasteiger partial charge in [-0.15, -0.1) is 12.4 Å². The Hall–Kier alpha value is -1.20. The van der Waals surface area contributed by atoms with Gasteiger partial charge in [0, 0.05) is 39.3 Å². The normalized spacial score (nSPS) is 16.9. The first-order valence-corrected chi connectivity index (χ1v) is 9.45. The molecule has 0 aliphatic carbocycles. The number of amides is 1. The molecule has 0 radical (unpaired) electrons. The zero-order chi connectivity index (χ0) is 17.7. The lowest BCUT2D eigenvalue weighted by Crippen LogP contribution is -2.49. The van der Waals surface area contributed by atoms with Crippen molar-refractivity contribution in [2.75, 3.05) is 39.3 Å². The van der Waals surface area contributed by atoms with Crippen LogP contribution in [-0.2, 0) is 14.8 Å². The van der Waals surface area contributed by atoms with Gasteiger partial charge in [-0.1, -0.05) is 5.16 Å². The zero-order valence-corrected chi connectivity index (χ0v) is 16.3. The quantitative estimate of drug-likeness (QED) is 0.564. The largest absolute Gasteiger partial charge is 0.360 e. The molecule has 1 unspecified atom stereocenters. The van der Waals surface area contributed by atoms with E-state index >= 15 is 0 Å². The molecule has 1 saturated heterocycles. The van der Waals surface area contributed by atoms with Gasteiger partial charge in [-0.2, -0.15) is 4.72 Å². The highest BCUT2D eigenvalue weighted by Gasteiger charge is 2.28. The first-order valence-electron chi connectivity index (χ1n) is 7.97. The number of aromatic nitrogens is 1. The van der Waals surface area contributed by atoms with Gasteiger partial charge in [0.1, 0.15) is 10.6 Å². The van der Waals surface area contributed by atoms with Crippen LogP contribution in [-0.4, -0.2) is 69.7 Å². The van der Waals surface area contributed by atoms with Crippen molar-refractivity contribution in [1.82, 2.24) is 25.4 Å². The summed E-state index contributed by atoms with van der Waals surface area (Å²) in [4.78, 5) is 14.3. The van der Waals surface area contributed by atoms with Crippen molar-refractivity contribution in [3.8, 4) is 0 Å². The molecule has 2 heterocycles. The van der Waals surface area contributed by atoms with E-state index in [-0.39, 0.29) is 34.7 Å². The number of aryl methyl sites for hydroxylation is 2.